The van der Waals surface area contributed by atoms with Crippen molar-refractivity contribution in [3.05, 3.63) is 23.4 Å². The van der Waals surface area contributed by atoms with Crippen molar-refractivity contribution in [1.29, 1.82) is 0 Å². The number of nitrogens with zero attached hydrogens (tertiary/aromatic N) is 2. The molecular formula is C18H23N3O4S. The standard InChI is InChI=1S/C18H23N3O4S/c1-2-24-17(23)18(10-4-3-5-11-18)20-14(22)8-9-15-19-16(21-25-15)13-7-6-12-26-13/h6-7,12H,2-5,8-11H2,1H3,(H,20,22). The molecule has 3 rings (SSSR count). The maximum Gasteiger partial charge on any atom is 0.331 e. The van der Waals surface area contributed by atoms with Gasteiger partial charge in [-0.15, -0.1) is 11.3 Å². The molecule has 1 N–H and O–H groups in total. The first-order valence-corrected chi connectivity index (χ1v) is 9.85. The van der Waals surface area contributed by atoms with E-state index in [9.17, 15) is 9.59 Å². The molecule has 0 saturated heterocycles. The van der Waals surface area contributed by atoms with E-state index < -0.39 is 5.54 Å². The monoisotopic (exact) mass is 377 g/mol. The minimum Gasteiger partial charge on any atom is -0.464 e. The molecule has 8 heteroatoms. The Morgan fingerprint density at radius 2 is 2.15 bits per heavy atom. The Morgan fingerprint density at radius 1 is 1.35 bits per heavy atom. The Labute approximate surface area is 156 Å². The first-order chi connectivity index (χ1) is 12.6. The maximum atomic E-state index is 12.4. The Bertz CT molecular complexity index is 735. The topological polar surface area (TPSA) is 94.3 Å². The van der Waals surface area contributed by atoms with Gasteiger partial charge in [0, 0.05) is 12.8 Å². The van der Waals surface area contributed by atoms with Gasteiger partial charge in [-0.25, -0.2) is 4.79 Å². The van der Waals surface area contributed by atoms with Crippen molar-refractivity contribution >= 4 is 23.2 Å². The zero-order valence-electron chi connectivity index (χ0n) is 14.8. The third-order valence-electron chi connectivity index (χ3n) is 4.53. The van der Waals surface area contributed by atoms with Crippen molar-refractivity contribution in [3.63, 3.8) is 0 Å². The fourth-order valence-electron chi connectivity index (χ4n) is 3.22. The molecular weight excluding hydrogens is 354 g/mol. The number of thiophene rings is 1. The minimum atomic E-state index is -0.887. The van der Waals surface area contributed by atoms with E-state index in [2.05, 4.69) is 15.5 Å². The van der Waals surface area contributed by atoms with Crippen LogP contribution in [0.25, 0.3) is 10.7 Å². The Balaban J connectivity index is 1.57. The molecule has 0 spiro atoms. The van der Waals surface area contributed by atoms with Gasteiger partial charge in [0.05, 0.1) is 11.5 Å². The number of aryl methyl sites for hydroxylation is 1. The summed E-state index contributed by atoms with van der Waals surface area (Å²) in [5, 5.41) is 8.80. The van der Waals surface area contributed by atoms with Crippen LogP contribution in [0, 0.1) is 0 Å². The summed E-state index contributed by atoms with van der Waals surface area (Å²) in [5.41, 5.74) is -0.887. The largest absolute Gasteiger partial charge is 0.464 e. The molecule has 1 saturated carbocycles. The van der Waals surface area contributed by atoms with E-state index in [4.69, 9.17) is 9.26 Å². The quantitative estimate of drug-likeness (QED) is 0.745. The molecule has 0 bridgehead atoms. The van der Waals surface area contributed by atoms with Crippen LogP contribution in [0.5, 0.6) is 0 Å². The van der Waals surface area contributed by atoms with Crippen molar-refractivity contribution in [2.45, 2.75) is 57.4 Å². The second-order valence-electron chi connectivity index (χ2n) is 6.40. The van der Waals surface area contributed by atoms with Crippen molar-refractivity contribution in [1.82, 2.24) is 15.5 Å². The van der Waals surface area contributed by atoms with Crippen LogP contribution in [0.3, 0.4) is 0 Å². The Kier molecular flexibility index (Phi) is 6.03. The number of hydrogen-bond donors (Lipinski definition) is 1. The van der Waals surface area contributed by atoms with Crippen LogP contribution in [-0.4, -0.2) is 34.2 Å². The normalized spacial score (nSPS) is 16.2. The van der Waals surface area contributed by atoms with E-state index in [1.54, 1.807) is 6.92 Å². The zero-order chi connectivity index (χ0) is 18.4. The highest BCUT2D eigenvalue weighted by Gasteiger charge is 2.42. The van der Waals surface area contributed by atoms with Crippen molar-refractivity contribution in [2.24, 2.45) is 0 Å². The molecule has 2 heterocycles. The maximum absolute atomic E-state index is 12.4. The molecule has 140 valence electrons. The van der Waals surface area contributed by atoms with Crippen molar-refractivity contribution in [2.75, 3.05) is 6.61 Å². The van der Waals surface area contributed by atoms with Gasteiger partial charge in [0.2, 0.25) is 17.6 Å². The molecule has 2 aromatic heterocycles. The van der Waals surface area contributed by atoms with Gasteiger partial charge in [0.15, 0.2) is 0 Å². The van der Waals surface area contributed by atoms with Crippen LogP contribution < -0.4 is 5.32 Å². The number of amides is 1. The third kappa shape index (κ3) is 4.30. The molecule has 1 aliphatic rings. The zero-order valence-corrected chi connectivity index (χ0v) is 15.6. The first kappa shape index (κ1) is 18.6. The third-order valence-corrected chi connectivity index (χ3v) is 5.39. The number of ether oxygens (including phenoxy) is 1. The number of carbonyl (C=O) groups is 2. The van der Waals surface area contributed by atoms with Gasteiger partial charge in [-0.1, -0.05) is 30.5 Å². The summed E-state index contributed by atoms with van der Waals surface area (Å²) in [6.07, 6.45) is 4.67. The lowest BCUT2D eigenvalue weighted by Crippen LogP contribution is -2.56. The Morgan fingerprint density at radius 3 is 2.85 bits per heavy atom. The summed E-state index contributed by atoms with van der Waals surface area (Å²) in [7, 11) is 0. The van der Waals surface area contributed by atoms with E-state index in [1.165, 1.54) is 11.3 Å². The lowest BCUT2D eigenvalue weighted by atomic mass is 9.81. The van der Waals surface area contributed by atoms with E-state index in [0.717, 1.165) is 24.1 Å². The lowest BCUT2D eigenvalue weighted by Gasteiger charge is -2.35. The number of carbonyl (C=O) groups excluding carboxylic acids is 2. The van der Waals surface area contributed by atoms with Gasteiger partial charge in [0.25, 0.3) is 0 Å². The smallest absolute Gasteiger partial charge is 0.331 e. The number of hydrogen-bond acceptors (Lipinski definition) is 7. The van der Waals surface area contributed by atoms with E-state index >= 15 is 0 Å². The average Bonchev–Trinajstić information content (AvgIpc) is 3.32. The number of esters is 1. The van der Waals surface area contributed by atoms with Gasteiger partial charge in [-0.05, 0) is 31.2 Å². The molecule has 0 radical (unpaired) electrons. The predicted octanol–water partition coefficient (Wildman–Crippen LogP) is 3.11. The fourth-order valence-corrected chi connectivity index (χ4v) is 3.87. The summed E-state index contributed by atoms with van der Waals surface area (Å²) in [6.45, 7) is 2.08. The molecule has 26 heavy (non-hydrogen) atoms. The second kappa shape index (κ2) is 8.44. The molecule has 1 amide bonds. The van der Waals surface area contributed by atoms with E-state index in [1.807, 2.05) is 17.5 Å². The minimum absolute atomic E-state index is 0.188. The summed E-state index contributed by atoms with van der Waals surface area (Å²) in [6, 6.07) is 3.83. The van der Waals surface area contributed by atoms with Crippen LogP contribution in [0.15, 0.2) is 22.0 Å². The molecule has 0 aliphatic heterocycles. The molecule has 1 aliphatic carbocycles. The number of aromatic nitrogens is 2. The molecule has 1 fully saturated rings. The highest BCUT2D eigenvalue weighted by atomic mass is 32.1. The van der Waals surface area contributed by atoms with Crippen LogP contribution in [0.4, 0.5) is 0 Å². The van der Waals surface area contributed by atoms with Crippen LogP contribution >= 0.6 is 11.3 Å². The number of nitrogens with one attached hydrogen (secondary N) is 1. The van der Waals surface area contributed by atoms with Crippen molar-refractivity contribution in [3.8, 4) is 10.7 Å². The summed E-state index contributed by atoms with van der Waals surface area (Å²) in [4.78, 5) is 30.1. The van der Waals surface area contributed by atoms with Crippen molar-refractivity contribution < 1.29 is 18.8 Å². The second-order valence-corrected chi connectivity index (χ2v) is 7.35. The molecule has 0 unspecified atom stereocenters. The summed E-state index contributed by atoms with van der Waals surface area (Å²) < 4.78 is 10.4. The fraction of sp³-hybridized carbons (Fsp3) is 0.556. The predicted molar refractivity (Wildman–Crippen MR) is 96.5 cm³/mol. The molecule has 0 atom stereocenters. The van der Waals surface area contributed by atoms with Gasteiger partial charge < -0.3 is 14.6 Å². The van der Waals surface area contributed by atoms with E-state index in [-0.39, 0.29) is 18.3 Å². The highest BCUT2D eigenvalue weighted by molar-refractivity contribution is 7.13. The van der Waals surface area contributed by atoms with E-state index in [0.29, 0.717) is 37.6 Å². The van der Waals surface area contributed by atoms with Crippen LogP contribution in [0.2, 0.25) is 0 Å². The molecule has 0 aromatic carbocycles. The van der Waals surface area contributed by atoms with Gasteiger partial charge >= 0.3 is 5.97 Å². The molecule has 7 nitrogen and oxygen atoms in total. The van der Waals surface area contributed by atoms with Gasteiger partial charge in [0.1, 0.15) is 5.54 Å². The lowest BCUT2D eigenvalue weighted by molar-refractivity contribution is -0.155. The van der Waals surface area contributed by atoms with Crippen LogP contribution in [0.1, 0.15) is 51.3 Å². The highest BCUT2D eigenvalue weighted by Crippen LogP contribution is 2.30. The Hall–Kier alpha value is -2.22. The van der Waals surface area contributed by atoms with Gasteiger partial charge in [-0.2, -0.15) is 4.98 Å². The summed E-state index contributed by atoms with van der Waals surface area (Å²) >= 11 is 1.53. The SMILES string of the molecule is CCOC(=O)C1(NC(=O)CCc2nc(-c3cccs3)no2)CCCCC1. The average molecular weight is 377 g/mol. The summed E-state index contributed by atoms with van der Waals surface area (Å²) in [5.74, 6) is 0.421. The van der Waals surface area contributed by atoms with Gasteiger partial charge in [-0.3, -0.25) is 4.79 Å². The number of rotatable bonds is 7. The molecule has 2 aromatic rings. The first-order valence-electron chi connectivity index (χ1n) is 8.98. The van der Waals surface area contributed by atoms with Crippen LogP contribution in [-0.2, 0) is 20.7 Å².